The molecule has 1 N–H and O–H groups in total. The summed E-state index contributed by atoms with van der Waals surface area (Å²) >= 11 is 0. The molecule has 3 rings (SSSR count). The third kappa shape index (κ3) is 3.42. The van der Waals surface area contributed by atoms with Crippen LogP contribution >= 0.6 is 0 Å². The number of nitro benzene ring substituents is 1. The Morgan fingerprint density at radius 3 is 2.68 bits per heavy atom. The maximum atomic E-state index is 12.3. The second-order valence-electron chi connectivity index (χ2n) is 5.56. The van der Waals surface area contributed by atoms with E-state index in [4.69, 9.17) is 4.42 Å². The van der Waals surface area contributed by atoms with Gasteiger partial charge in [-0.25, -0.2) is 4.79 Å². The molecule has 0 aliphatic heterocycles. The third-order valence-corrected chi connectivity index (χ3v) is 3.84. The molecule has 1 amide bonds. The van der Waals surface area contributed by atoms with Gasteiger partial charge in [0.05, 0.1) is 16.5 Å². The van der Waals surface area contributed by atoms with Gasteiger partial charge in [0.1, 0.15) is 6.54 Å². The van der Waals surface area contributed by atoms with Crippen LogP contribution in [0.25, 0.3) is 11.1 Å². The number of nitrogens with one attached hydrogen (secondary N) is 1. The maximum absolute atomic E-state index is 12.3. The number of amides is 1. The topological polar surface area (TPSA) is 107 Å². The summed E-state index contributed by atoms with van der Waals surface area (Å²) in [6.07, 6.45) is 0. The maximum Gasteiger partial charge on any atom is 0.420 e. The first-order chi connectivity index (χ1) is 12.0. The number of hydrogen-bond acceptors (Lipinski definition) is 5. The van der Waals surface area contributed by atoms with E-state index < -0.39 is 16.6 Å². The Bertz CT molecular complexity index is 990. The van der Waals surface area contributed by atoms with E-state index >= 15 is 0 Å². The standard InChI is InChI=1S/C17H15N3O5/c1-11(12-5-3-2-4-6-12)18-16(21)10-19-14-9-13(20(23)24)7-8-15(14)25-17(19)22/h2-9,11H,10H2,1H3,(H,18,21). The van der Waals surface area contributed by atoms with Gasteiger partial charge in [-0.05, 0) is 18.6 Å². The molecule has 1 heterocycles. The van der Waals surface area contributed by atoms with Gasteiger partial charge < -0.3 is 9.73 Å². The fourth-order valence-electron chi connectivity index (χ4n) is 2.57. The van der Waals surface area contributed by atoms with Gasteiger partial charge in [0.2, 0.25) is 5.91 Å². The Morgan fingerprint density at radius 1 is 1.28 bits per heavy atom. The van der Waals surface area contributed by atoms with Gasteiger partial charge in [-0.3, -0.25) is 19.5 Å². The van der Waals surface area contributed by atoms with E-state index in [1.165, 1.54) is 18.2 Å². The number of hydrogen-bond donors (Lipinski definition) is 1. The second-order valence-corrected chi connectivity index (χ2v) is 5.56. The van der Waals surface area contributed by atoms with Crippen molar-refractivity contribution in [3.8, 4) is 0 Å². The number of nitro groups is 1. The van der Waals surface area contributed by atoms with E-state index in [2.05, 4.69) is 5.32 Å². The largest absolute Gasteiger partial charge is 0.420 e. The van der Waals surface area contributed by atoms with E-state index in [1.807, 2.05) is 37.3 Å². The van der Waals surface area contributed by atoms with Crippen molar-refractivity contribution < 1.29 is 14.1 Å². The van der Waals surface area contributed by atoms with Crippen LogP contribution in [0.3, 0.4) is 0 Å². The summed E-state index contributed by atoms with van der Waals surface area (Å²) in [7, 11) is 0. The molecular weight excluding hydrogens is 326 g/mol. The predicted octanol–water partition coefficient (Wildman–Crippen LogP) is 2.38. The lowest BCUT2D eigenvalue weighted by Crippen LogP contribution is -2.32. The van der Waals surface area contributed by atoms with E-state index in [9.17, 15) is 19.7 Å². The Balaban J connectivity index is 1.83. The zero-order valence-electron chi connectivity index (χ0n) is 13.3. The third-order valence-electron chi connectivity index (χ3n) is 3.84. The highest BCUT2D eigenvalue weighted by Gasteiger charge is 2.17. The highest BCUT2D eigenvalue weighted by molar-refractivity contribution is 5.81. The van der Waals surface area contributed by atoms with Crippen molar-refractivity contribution in [2.24, 2.45) is 0 Å². The second kappa shape index (κ2) is 6.60. The van der Waals surface area contributed by atoms with Crippen molar-refractivity contribution in [2.75, 3.05) is 0 Å². The summed E-state index contributed by atoms with van der Waals surface area (Å²) in [4.78, 5) is 34.5. The van der Waals surface area contributed by atoms with Crippen molar-refractivity contribution in [3.05, 3.63) is 74.8 Å². The summed E-state index contributed by atoms with van der Waals surface area (Å²) < 4.78 is 6.11. The Morgan fingerprint density at radius 2 is 2.00 bits per heavy atom. The molecule has 1 aromatic heterocycles. The average Bonchev–Trinajstić information content (AvgIpc) is 2.90. The summed E-state index contributed by atoms with van der Waals surface area (Å²) in [5.74, 6) is -1.13. The number of rotatable bonds is 5. The van der Waals surface area contributed by atoms with Crippen LogP contribution in [0.5, 0.6) is 0 Å². The molecule has 1 unspecified atom stereocenters. The van der Waals surface area contributed by atoms with E-state index in [-0.39, 0.29) is 29.4 Å². The van der Waals surface area contributed by atoms with Crippen LogP contribution in [0.4, 0.5) is 5.69 Å². The SMILES string of the molecule is CC(NC(=O)Cn1c(=O)oc2ccc([N+](=O)[O-])cc21)c1ccccc1. The summed E-state index contributed by atoms with van der Waals surface area (Å²) in [6, 6.07) is 12.9. The Labute approximate surface area is 141 Å². The minimum absolute atomic E-state index is 0.180. The van der Waals surface area contributed by atoms with Crippen LogP contribution in [0, 0.1) is 10.1 Å². The minimum atomic E-state index is -0.738. The molecule has 8 heteroatoms. The summed E-state index contributed by atoms with van der Waals surface area (Å²) in [6.45, 7) is 1.54. The van der Waals surface area contributed by atoms with Gasteiger partial charge in [-0.1, -0.05) is 30.3 Å². The van der Waals surface area contributed by atoms with Crippen molar-refractivity contribution in [2.45, 2.75) is 19.5 Å². The van der Waals surface area contributed by atoms with Crippen LogP contribution in [-0.2, 0) is 11.3 Å². The van der Waals surface area contributed by atoms with Gasteiger partial charge >= 0.3 is 5.76 Å². The molecule has 0 saturated carbocycles. The quantitative estimate of drug-likeness (QED) is 0.566. The van der Waals surface area contributed by atoms with E-state index in [0.717, 1.165) is 10.1 Å². The predicted molar refractivity (Wildman–Crippen MR) is 90.1 cm³/mol. The fourth-order valence-corrected chi connectivity index (χ4v) is 2.57. The van der Waals surface area contributed by atoms with Crippen molar-refractivity contribution >= 4 is 22.7 Å². The normalized spacial score (nSPS) is 12.0. The van der Waals surface area contributed by atoms with Crippen LogP contribution in [0.15, 0.2) is 57.7 Å². The molecule has 25 heavy (non-hydrogen) atoms. The zero-order valence-corrected chi connectivity index (χ0v) is 13.3. The number of non-ortho nitro benzene ring substituents is 1. The highest BCUT2D eigenvalue weighted by atomic mass is 16.6. The minimum Gasteiger partial charge on any atom is -0.408 e. The number of nitrogens with zero attached hydrogens (tertiary/aromatic N) is 2. The van der Waals surface area contributed by atoms with Crippen LogP contribution in [0.2, 0.25) is 0 Å². The molecule has 128 valence electrons. The van der Waals surface area contributed by atoms with Crippen LogP contribution < -0.4 is 11.1 Å². The van der Waals surface area contributed by atoms with Gasteiger partial charge in [0.15, 0.2) is 5.58 Å². The molecule has 0 aliphatic carbocycles. The molecule has 0 spiro atoms. The molecule has 3 aromatic rings. The zero-order chi connectivity index (χ0) is 18.0. The van der Waals surface area contributed by atoms with Crippen molar-refractivity contribution in [3.63, 3.8) is 0 Å². The molecule has 0 fully saturated rings. The van der Waals surface area contributed by atoms with Crippen LogP contribution in [0.1, 0.15) is 18.5 Å². The van der Waals surface area contributed by atoms with E-state index in [0.29, 0.717) is 0 Å². The molecule has 8 nitrogen and oxygen atoms in total. The molecule has 0 aliphatic rings. The average molecular weight is 341 g/mol. The van der Waals surface area contributed by atoms with Gasteiger partial charge in [0.25, 0.3) is 5.69 Å². The number of oxazole rings is 1. The van der Waals surface area contributed by atoms with Crippen molar-refractivity contribution in [1.82, 2.24) is 9.88 Å². The molecule has 0 radical (unpaired) electrons. The smallest absolute Gasteiger partial charge is 0.408 e. The Kier molecular flexibility index (Phi) is 4.34. The number of benzene rings is 2. The fraction of sp³-hybridized carbons (Fsp3) is 0.176. The molecular formula is C17H15N3O5. The molecule has 0 bridgehead atoms. The Hall–Kier alpha value is -3.42. The number of carbonyl (C=O) groups excluding carboxylic acids is 1. The van der Waals surface area contributed by atoms with Gasteiger partial charge in [0, 0.05) is 12.1 Å². The summed E-state index contributed by atoms with van der Waals surface area (Å²) in [5, 5.41) is 13.7. The first-order valence-electron chi connectivity index (χ1n) is 7.58. The van der Waals surface area contributed by atoms with E-state index in [1.54, 1.807) is 0 Å². The number of aromatic nitrogens is 1. The van der Waals surface area contributed by atoms with Gasteiger partial charge in [-0.2, -0.15) is 0 Å². The van der Waals surface area contributed by atoms with Crippen LogP contribution in [-0.4, -0.2) is 15.4 Å². The van der Waals surface area contributed by atoms with Gasteiger partial charge in [-0.15, -0.1) is 0 Å². The van der Waals surface area contributed by atoms with Crippen molar-refractivity contribution in [1.29, 1.82) is 0 Å². The monoisotopic (exact) mass is 341 g/mol. The highest BCUT2D eigenvalue weighted by Crippen LogP contribution is 2.20. The lowest BCUT2D eigenvalue weighted by Gasteiger charge is -2.14. The lowest BCUT2D eigenvalue weighted by atomic mass is 10.1. The molecule has 0 saturated heterocycles. The first kappa shape index (κ1) is 16.4. The number of carbonyl (C=O) groups is 1. The first-order valence-corrected chi connectivity index (χ1v) is 7.58. The summed E-state index contributed by atoms with van der Waals surface area (Å²) in [5.41, 5.74) is 1.15. The number of fused-ring (bicyclic) bond motifs is 1. The lowest BCUT2D eigenvalue weighted by molar-refractivity contribution is -0.384. The molecule has 2 aromatic carbocycles. The molecule has 1 atom stereocenters.